The molecule has 0 amide bonds. The van der Waals surface area contributed by atoms with E-state index in [2.05, 4.69) is 46.1 Å². The Morgan fingerprint density at radius 2 is 1.82 bits per heavy atom. The van der Waals surface area contributed by atoms with Crippen molar-refractivity contribution in [3.8, 4) is 11.5 Å². The second-order valence-corrected chi connectivity index (χ2v) is 6.38. The minimum absolute atomic E-state index is 0.183. The minimum Gasteiger partial charge on any atom is -0.493 e. The number of H-pyrrole nitrogens is 1. The number of nitrogens with one attached hydrogen (secondary N) is 1. The molecule has 0 saturated carbocycles. The molecule has 0 aliphatic rings. The molecule has 146 valence electrons. The fourth-order valence-corrected chi connectivity index (χ4v) is 3.01. The molecule has 1 aromatic heterocycles. The number of methoxy groups -OCH3 is 2. The molecule has 0 unspecified atom stereocenters. The molecule has 0 atom stereocenters. The molecule has 6 heteroatoms. The Morgan fingerprint density at radius 3 is 2.50 bits per heavy atom. The minimum atomic E-state index is -0.183. The van der Waals surface area contributed by atoms with E-state index < -0.39 is 0 Å². The van der Waals surface area contributed by atoms with E-state index >= 15 is 0 Å². The number of fused-ring (bicyclic) bond motifs is 1. The molecule has 0 saturated heterocycles. The van der Waals surface area contributed by atoms with Crippen LogP contribution in [0.2, 0.25) is 0 Å². The summed E-state index contributed by atoms with van der Waals surface area (Å²) in [5, 5.41) is 0.480. The number of hydrogen-bond donors (Lipinski definition) is 1. The van der Waals surface area contributed by atoms with Crippen molar-refractivity contribution in [2.45, 2.75) is 13.5 Å². The van der Waals surface area contributed by atoms with Gasteiger partial charge < -0.3 is 14.5 Å². The van der Waals surface area contributed by atoms with Gasteiger partial charge in [-0.05, 0) is 18.2 Å². The molecule has 28 heavy (non-hydrogen) atoms. The number of rotatable bonds is 8. The topological polar surface area (TPSA) is 67.5 Å². The molecule has 1 N–H and O–H groups in total. The van der Waals surface area contributed by atoms with Gasteiger partial charge in [0, 0.05) is 12.6 Å². The highest BCUT2D eigenvalue weighted by molar-refractivity contribution is 5.81. The van der Waals surface area contributed by atoms with Crippen LogP contribution < -0.4 is 15.0 Å². The van der Waals surface area contributed by atoms with E-state index in [9.17, 15) is 4.79 Å². The van der Waals surface area contributed by atoms with Gasteiger partial charge in [0.1, 0.15) is 5.82 Å². The first kappa shape index (κ1) is 19.6. The van der Waals surface area contributed by atoms with Crippen molar-refractivity contribution in [2.24, 2.45) is 0 Å². The third-order valence-corrected chi connectivity index (χ3v) is 4.55. The highest BCUT2D eigenvalue weighted by Gasteiger charge is 2.12. The normalized spacial score (nSPS) is 11.4. The SMILES string of the molecule is CCN(C/C=C/c1ccccc1)Cc1nc2cc(OC)c(OC)cc2c(=O)[nH]1. The van der Waals surface area contributed by atoms with Crippen LogP contribution in [0.25, 0.3) is 17.0 Å². The molecule has 0 fully saturated rings. The van der Waals surface area contributed by atoms with Crippen LogP contribution in [0.1, 0.15) is 18.3 Å². The molecule has 1 heterocycles. The van der Waals surface area contributed by atoms with Crippen LogP contribution in [0.3, 0.4) is 0 Å². The molecule has 3 rings (SSSR count). The summed E-state index contributed by atoms with van der Waals surface area (Å²) >= 11 is 0. The molecular formula is C22H25N3O3. The van der Waals surface area contributed by atoms with Gasteiger partial charge in [0.25, 0.3) is 5.56 Å². The average molecular weight is 379 g/mol. The number of likely N-dealkylation sites (N-methyl/N-ethyl adjacent to an activating group) is 1. The Hall–Kier alpha value is -3.12. The third-order valence-electron chi connectivity index (χ3n) is 4.55. The molecular weight excluding hydrogens is 354 g/mol. The van der Waals surface area contributed by atoms with E-state index in [0.717, 1.165) is 18.7 Å². The largest absolute Gasteiger partial charge is 0.493 e. The average Bonchev–Trinajstić information content (AvgIpc) is 2.72. The Morgan fingerprint density at radius 1 is 1.11 bits per heavy atom. The summed E-state index contributed by atoms with van der Waals surface area (Å²) in [6.07, 6.45) is 4.21. The zero-order valence-electron chi connectivity index (χ0n) is 16.4. The van der Waals surface area contributed by atoms with Gasteiger partial charge in [-0.25, -0.2) is 4.98 Å². The number of aromatic amines is 1. The lowest BCUT2D eigenvalue weighted by Gasteiger charge is -2.18. The van der Waals surface area contributed by atoms with Crippen molar-refractivity contribution < 1.29 is 9.47 Å². The Kier molecular flexibility index (Phi) is 6.45. The maximum atomic E-state index is 12.5. The van der Waals surface area contributed by atoms with Gasteiger partial charge in [-0.1, -0.05) is 49.4 Å². The van der Waals surface area contributed by atoms with Crippen LogP contribution >= 0.6 is 0 Å². The summed E-state index contributed by atoms with van der Waals surface area (Å²) in [7, 11) is 3.11. The summed E-state index contributed by atoms with van der Waals surface area (Å²) in [5.74, 6) is 1.69. The highest BCUT2D eigenvalue weighted by Crippen LogP contribution is 2.29. The van der Waals surface area contributed by atoms with Crippen molar-refractivity contribution in [1.29, 1.82) is 0 Å². The summed E-state index contributed by atoms with van der Waals surface area (Å²) < 4.78 is 10.6. The maximum Gasteiger partial charge on any atom is 0.258 e. The maximum absolute atomic E-state index is 12.5. The van der Waals surface area contributed by atoms with Crippen molar-refractivity contribution >= 4 is 17.0 Å². The Bertz CT molecular complexity index is 1010. The number of aromatic nitrogens is 2. The van der Waals surface area contributed by atoms with Crippen LogP contribution in [-0.4, -0.2) is 42.2 Å². The number of hydrogen-bond acceptors (Lipinski definition) is 5. The van der Waals surface area contributed by atoms with Crippen LogP contribution in [0.15, 0.2) is 53.3 Å². The van der Waals surface area contributed by atoms with Crippen LogP contribution in [-0.2, 0) is 6.54 Å². The lowest BCUT2D eigenvalue weighted by molar-refractivity contribution is 0.303. The predicted molar refractivity (Wildman–Crippen MR) is 112 cm³/mol. The molecule has 0 aliphatic carbocycles. The van der Waals surface area contributed by atoms with Crippen LogP contribution in [0, 0.1) is 0 Å². The summed E-state index contributed by atoms with van der Waals surface area (Å²) in [6, 6.07) is 13.6. The van der Waals surface area contributed by atoms with Gasteiger partial charge in [0.2, 0.25) is 0 Å². The van der Waals surface area contributed by atoms with E-state index in [1.54, 1.807) is 26.4 Å². The Balaban J connectivity index is 1.80. The first-order chi connectivity index (χ1) is 13.6. The van der Waals surface area contributed by atoms with Gasteiger partial charge in [-0.15, -0.1) is 0 Å². The van der Waals surface area contributed by atoms with Crippen LogP contribution in [0.4, 0.5) is 0 Å². The molecule has 3 aromatic rings. The highest BCUT2D eigenvalue weighted by atomic mass is 16.5. The van der Waals surface area contributed by atoms with E-state index in [-0.39, 0.29) is 5.56 Å². The number of nitrogens with zero attached hydrogens (tertiary/aromatic N) is 2. The quantitative estimate of drug-likeness (QED) is 0.649. The second kappa shape index (κ2) is 9.19. The lowest BCUT2D eigenvalue weighted by atomic mass is 10.2. The van der Waals surface area contributed by atoms with E-state index in [4.69, 9.17) is 9.47 Å². The number of ether oxygens (including phenoxy) is 2. The fraction of sp³-hybridized carbons (Fsp3) is 0.273. The van der Waals surface area contributed by atoms with E-state index in [1.165, 1.54) is 0 Å². The standard InChI is InChI=1S/C22H25N3O3/c1-4-25(12-8-11-16-9-6-5-7-10-16)15-21-23-18-14-20(28-3)19(27-2)13-17(18)22(26)24-21/h5-11,13-14H,4,12,15H2,1-3H3,(H,23,24,26)/b11-8+. The first-order valence-electron chi connectivity index (χ1n) is 9.23. The summed E-state index contributed by atoms with van der Waals surface area (Å²) in [5.41, 5.74) is 1.57. The summed E-state index contributed by atoms with van der Waals surface area (Å²) in [6.45, 7) is 4.24. The molecule has 0 spiro atoms. The van der Waals surface area contributed by atoms with Gasteiger partial charge in [0.05, 0.1) is 31.7 Å². The molecule has 0 aliphatic heterocycles. The lowest BCUT2D eigenvalue weighted by Crippen LogP contribution is -2.25. The van der Waals surface area contributed by atoms with Crippen molar-refractivity contribution in [2.75, 3.05) is 27.3 Å². The molecule has 0 bridgehead atoms. The van der Waals surface area contributed by atoms with Crippen molar-refractivity contribution in [1.82, 2.24) is 14.9 Å². The van der Waals surface area contributed by atoms with E-state index in [0.29, 0.717) is 34.8 Å². The first-order valence-corrected chi connectivity index (χ1v) is 9.23. The van der Waals surface area contributed by atoms with Gasteiger partial charge in [0.15, 0.2) is 11.5 Å². The zero-order valence-corrected chi connectivity index (χ0v) is 16.4. The van der Waals surface area contributed by atoms with Gasteiger partial charge in [-0.2, -0.15) is 0 Å². The molecule has 6 nitrogen and oxygen atoms in total. The smallest absolute Gasteiger partial charge is 0.258 e. The van der Waals surface area contributed by atoms with Crippen molar-refractivity contribution in [3.63, 3.8) is 0 Å². The fourth-order valence-electron chi connectivity index (χ4n) is 3.01. The van der Waals surface area contributed by atoms with Crippen LogP contribution in [0.5, 0.6) is 11.5 Å². The molecule has 0 radical (unpaired) electrons. The van der Waals surface area contributed by atoms with Gasteiger partial charge >= 0.3 is 0 Å². The summed E-state index contributed by atoms with van der Waals surface area (Å²) in [4.78, 5) is 22.2. The second-order valence-electron chi connectivity index (χ2n) is 6.38. The van der Waals surface area contributed by atoms with E-state index in [1.807, 2.05) is 18.2 Å². The monoisotopic (exact) mass is 379 g/mol. The molecule has 2 aromatic carbocycles. The number of benzene rings is 2. The van der Waals surface area contributed by atoms with Crippen molar-refractivity contribution in [3.05, 3.63) is 70.3 Å². The van der Waals surface area contributed by atoms with Gasteiger partial charge in [-0.3, -0.25) is 9.69 Å². The Labute approximate surface area is 164 Å². The zero-order chi connectivity index (χ0) is 19.9. The third kappa shape index (κ3) is 4.58. The predicted octanol–water partition coefficient (Wildman–Crippen LogP) is 3.48.